The minimum atomic E-state index is -0.562. The molecule has 5 nitrogen and oxygen atoms in total. The van der Waals surface area contributed by atoms with Gasteiger partial charge in [0, 0.05) is 25.7 Å². The first-order chi connectivity index (χ1) is 12.3. The van der Waals surface area contributed by atoms with E-state index in [9.17, 15) is 9.90 Å². The van der Waals surface area contributed by atoms with E-state index in [-0.39, 0.29) is 5.91 Å². The average molecular weight is 374 g/mol. The van der Waals surface area contributed by atoms with Gasteiger partial charge in [-0.05, 0) is 50.1 Å². The number of anilines is 2. The number of likely N-dealkylation sites (N-methyl/N-ethyl adjacent to an activating group) is 1. The van der Waals surface area contributed by atoms with Gasteiger partial charge in [-0.1, -0.05) is 23.7 Å². The number of rotatable bonds is 3. The van der Waals surface area contributed by atoms with Crippen LogP contribution in [0.25, 0.3) is 0 Å². The van der Waals surface area contributed by atoms with Gasteiger partial charge in [0.25, 0.3) is 0 Å². The molecule has 0 saturated carbocycles. The molecule has 1 N–H and O–H groups in total. The number of pyridine rings is 1. The lowest BCUT2D eigenvalue weighted by Crippen LogP contribution is -2.44. The molecule has 0 bridgehead atoms. The van der Waals surface area contributed by atoms with Crippen LogP contribution in [0.2, 0.25) is 5.02 Å². The third-order valence-electron chi connectivity index (χ3n) is 4.87. The molecule has 1 fully saturated rings. The molecular weight excluding hydrogens is 350 g/mol. The van der Waals surface area contributed by atoms with Gasteiger partial charge >= 0.3 is 0 Å². The number of carbonyl (C=O) groups is 1. The SMILES string of the molecule is Cc1cccc(N(C)C(=O)[C@@H]2C[C@H](O)CN2c2cc(C)c(Cl)c(C)n2)c1. The van der Waals surface area contributed by atoms with E-state index in [0.29, 0.717) is 23.8 Å². The number of carbonyl (C=O) groups excluding carboxylic acids is 1. The Morgan fingerprint density at radius 2 is 2.04 bits per heavy atom. The fourth-order valence-corrected chi connectivity index (χ4v) is 3.53. The van der Waals surface area contributed by atoms with Crippen molar-refractivity contribution in [3.8, 4) is 0 Å². The molecule has 138 valence electrons. The van der Waals surface area contributed by atoms with Gasteiger partial charge in [0.05, 0.1) is 16.8 Å². The van der Waals surface area contributed by atoms with Gasteiger partial charge in [0.1, 0.15) is 11.9 Å². The molecule has 6 heteroatoms. The van der Waals surface area contributed by atoms with Crippen LogP contribution >= 0.6 is 11.6 Å². The second-order valence-electron chi connectivity index (χ2n) is 6.99. The Balaban J connectivity index is 1.91. The predicted octanol–water partition coefficient (Wildman–Crippen LogP) is 3.26. The van der Waals surface area contributed by atoms with Crippen LogP contribution in [0, 0.1) is 20.8 Å². The summed E-state index contributed by atoms with van der Waals surface area (Å²) < 4.78 is 0. The molecule has 0 spiro atoms. The summed E-state index contributed by atoms with van der Waals surface area (Å²) in [6, 6.07) is 9.24. The zero-order valence-electron chi connectivity index (χ0n) is 15.5. The Hall–Kier alpha value is -2.11. The Morgan fingerprint density at radius 1 is 1.31 bits per heavy atom. The fraction of sp³-hybridized carbons (Fsp3) is 0.400. The Labute approximate surface area is 159 Å². The van der Waals surface area contributed by atoms with Gasteiger partial charge in [0.2, 0.25) is 5.91 Å². The van der Waals surface area contributed by atoms with Crippen LogP contribution in [-0.4, -0.2) is 41.7 Å². The fourth-order valence-electron chi connectivity index (χ4n) is 3.43. The molecule has 2 aromatic rings. The molecule has 3 rings (SSSR count). The molecular formula is C20H24ClN3O2. The van der Waals surface area contributed by atoms with Crippen LogP contribution in [0.3, 0.4) is 0 Å². The summed E-state index contributed by atoms with van der Waals surface area (Å²) in [5.41, 5.74) is 3.57. The summed E-state index contributed by atoms with van der Waals surface area (Å²) in [5.74, 6) is 0.621. The summed E-state index contributed by atoms with van der Waals surface area (Å²) in [5, 5.41) is 10.8. The summed E-state index contributed by atoms with van der Waals surface area (Å²) in [6.45, 7) is 6.14. The van der Waals surface area contributed by atoms with Gasteiger partial charge in [-0.2, -0.15) is 0 Å². The molecule has 1 saturated heterocycles. The van der Waals surface area contributed by atoms with E-state index in [2.05, 4.69) is 4.98 Å². The molecule has 0 radical (unpaired) electrons. The highest BCUT2D eigenvalue weighted by Crippen LogP contribution is 2.30. The van der Waals surface area contributed by atoms with Crippen molar-refractivity contribution in [3.63, 3.8) is 0 Å². The molecule has 1 amide bonds. The van der Waals surface area contributed by atoms with E-state index in [1.807, 2.05) is 56.0 Å². The Morgan fingerprint density at radius 3 is 2.69 bits per heavy atom. The third kappa shape index (κ3) is 3.55. The van der Waals surface area contributed by atoms with E-state index < -0.39 is 12.1 Å². The highest BCUT2D eigenvalue weighted by atomic mass is 35.5. The van der Waals surface area contributed by atoms with E-state index in [4.69, 9.17) is 11.6 Å². The Kier molecular flexibility index (Phi) is 5.21. The van der Waals surface area contributed by atoms with Crippen molar-refractivity contribution in [1.82, 2.24) is 4.98 Å². The van der Waals surface area contributed by atoms with Crippen molar-refractivity contribution in [3.05, 3.63) is 52.2 Å². The second-order valence-corrected chi connectivity index (χ2v) is 7.37. The van der Waals surface area contributed by atoms with Crippen molar-refractivity contribution >= 4 is 29.0 Å². The quantitative estimate of drug-likeness (QED) is 0.897. The van der Waals surface area contributed by atoms with Crippen LogP contribution in [0.15, 0.2) is 30.3 Å². The van der Waals surface area contributed by atoms with E-state index >= 15 is 0 Å². The number of aliphatic hydroxyl groups excluding tert-OH is 1. The normalized spacial score (nSPS) is 19.7. The second kappa shape index (κ2) is 7.25. The first kappa shape index (κ1) is 18.7. The standard InChI is InChI=1S/C20H24ClN3O2/c1-12-6-5-7-15(8-12)23(4)20(26)17-10-16(25)11-24(17)18-9-13(2)19(21)14(3)22-18/h5-9,16-17,25H,10-11H2,1-4H3/t16-,17-/m0/s1. The molecule has 2 atom stereocenters. The highest BCUT2D eigenvalue weighted by molar-refractivity contribution is 6.32. The summed E-state index contributed by atoms with van der Waals surface area (Å²) >= 11 is 6.22. The highest BCUT2D eigenvalue weighted by Gasteiger charge is 2.38. The molecule has 0 unspecified atom stereocenters. The first-order valence-corrected chi connectivity index (χ1v) is 9.08. The van der Waals surface area contributed by atoms with Gasteiger partial charge in [-0.3, -0.25) is 4.79 Å². The summed E-state index contributed by atoms with van der Waals surface area (Å²) in [6.07, 6.45) is -0.176. The number of halogens is 1. The van der Waals surface area contributed by atoms with Crippen molar-refractivity contribution < 1.29 is 9.90 Å². The van der Waals surface area contributed by atoms with Crippen LogP contribution < -0.4 is 9.80 Å². The van der Waals surface area contributed by atoms with Crippen molar-refractivity contribution in [2.75, 3.05) is 23.4 Å². The van der Waals surface area contributed by atoms with Crippen LogP contribution in [0.4, 0.5) is 11.5 Å². The predicted molar refractivity (Wildman–Crippen MR) is 105 cm³/mol. The zero-order chi connectivity index (χ0) is 19.0. The maximum atomic E-state index is 13.1. The third-order valence-corrected chi connectivity index (χ3v) is 5.44. The molecule has 1 aliphatic rings. The van der Waals surface area contributed by atoms with Crippen LogP contribution in [0.5, 0.6) is 0 Å². The molecule has 1 aliphatic heterocycles. The van der Waals surface area contributed by atoms with Gasteiger partial charge in [-0.15, -0.1) is 0 Å². The minimum Gasteiger partial charge on any atom is -0.391 e. The monoisotopic (exact) mass is 373 g/mol. The lowest BCUT2D eigenvalue weighted by atomic mass is 10.1. The lowest BCUT2D eigenvalue weighted by molar-refractivity contribution is -0.119. The number of aryl methyl sites for hydroxylation is 3. The van der Waals surface area contributed by atoms with Gasteiger partial charge < -0.3 is 14.9 Å². The number of hydrogen-bond acceptors (Lipinski definition) is 4. The average Bonchev–Trinajstić information content (AvgIpc) is 2.99. The number of aromatic nitrogens is 1. The largest absolute Gasteiger partial charge is 0.391 e. The van der Waals surface area contributed by atoms with E-state index in [0.717, 1.165) is 22.5 Å². The molecule has 1 aromatic carbocycles. The summed E-state index contributed by atoms with van der Waals surface area (Å²) in [4.78, 5) is 21.2. The van der Waals surface area contributed by atoms with Crippen LogP contribution in [0.1, 0.15) is 23.2 Å². The number of aliphatic hydroxyl groups is 1. The number of β-amino-alcohol motifs (C(OH)–C–C–N with tert-alkyl or cyclic N) is 1. The van der Waals surface area contributed by atoms with Crippen molar-refractivity contribution in [2.24, 2.45) is 0 Å². The lowest BCUT2D eigenvalue weighted by Gasteiger charge is -2.29. The van der Waals surface area contributed by atoms with Crippen molar-refractivity contribution in [2.45, 2.75) is 39.3 Å². The minimum absolute atomic E-state index is 0.0563. The topological polar surface area (TPSA) is 56.7 Å². The number of hydrogen-bond donors (Lipinski definition) is 1. The molecule has 1 aromatic heterocycles. The Bertz CT molecular complexity index is 817. The maximum absolute atomic E-state index is 13.1. The summed E-state index contributed by atoms with van der Waals surface area (Å²) in [7, 11) is 1.77. The number of benzene rings is 1. The first-order valence-electron chi connectivity index (χ1n) is 8.70. The maximum Gasteiger partial charge on any atom is 0.249 e. The van der Waals surface area contributed by atoms with Gasteiger partial charge in [0.15, 0.2) is 0 Å². The molecule has 2 heterocycles. The number of amides is 1. The van der Waals surface area contributed by atoms with Crippen LogP contribution in [-0.2, 0) is 4.79 Å². The number of nitrogens with zero attached hydrogens (tertiary/aromatic N) is 3. The van der Waals surface area contributed by atoms with Gasteiger partial charge in [-0.25, -0.2) is 4.98 Å². The van der Waals surface area contributed by atoms with E-state index in [1.165, 1.54) is 0 Å². The van der Waals surface area contributed by atoms with Crippen molar-refractivity contribution in [1.29, 1.82) is 0 Å². The van der Waals surface area contributed by atoms with E-state index in [1.54, 1.807) is 11.9 Å². The zero-order valence-corrected chi connectivity index (χ0v) is 16.3. The molecule has 0 aliphatic carbocycles. The smallest absolute Gasteiger partial charge is 0.249 e. The molecule has 26 heavy (non-hydrogen) atoms.